The zero-order chi connectivity index (χ0) is 13.6. The molecule has 0 radical (unpaired) electrons. The van der Waals surface area contributed by atoms with Crippen LogP contribution in [-0.4, -0.2) is 15.0 Å². The van der Waals surface area contributed by atoms with E-state index in [1.54, 1.807) is 11.3 Å². The van der Waals surface area contributed by atoms with E-state index in [1.807, 2.05) is 32.2 Å². The second kappa shape index (κ2) is 4.54. The topological polar surface area (TPSA) is 38.7 Å². The summed E-state index contributed by atoms with van der Waals surface area (Å²) in [6.07, 6.45) is 0. The third-order valence-electron chi connectivity index (χ3n) is 2.94. The van der Waals surface area contributed by atoms with E-state index in [4.69, 9.17) is 11.6 Å². The predicted octanol–water partition coefficient (Wildman–Crippen LogP) is 4.33. The SMILES string of the molecule is Cc1cc(C)c2nc(-c3csc(C)n3)nc(Cl)c2c1. The monoisotopic (exact) mass is 289 g/mol. The number of thiazole rings is 1. The average Bonchev–Trinajstić information content (AvgIpc) is 2.77. The molecule has 0 fully saturated rings. The number of hydrogen-bond acceptors (Lipinski definition) is 4. The number of rotatable bonds is 1. The lowest BCUT2D eigenvalue weighted by Crippen LogP contribution is -1.94. The van der Waals surface area contributed by atoms with Crippen molar-refractivity contribution in [2.24, 2.45) is 0 Å². The van der Waals surface area contributed by atoms with Gasteiger partial charge in [0.25, 0.3) is 0 Å². The molecule has 3 rings (SSSR count). The van der Waals surface area contributed by atoms with Gasteiger partial charge in [0, 0.05) is 10.8 Å². The zero-order valence-electron chi connectivity index (χ0n) is 10.9. The van der Waals surface area contributed by atoms with Crippen LogP contribution in [0.2, 0.25) is 5.15 Å². The molecule has 0 aliphatic carbocycles. The molecular formula is C14H12ClN3S. The van der Waals surface area contributed by atoms with Gasteiger partial charge in [0.15, 0.2) is 5.82 Å². The minimum atomic E-state index is 0.484. The number of benzene rings is 1. The molecular weight excluding hydrogens is 278 g/mol. The first-order chi connectivity index (χ1) is 9.04. The standard InChI is InChI=1S/C14H12ClN3S/c1-7-4-8(2)12-10(5-7)13(15)18-14(17-12)11-6-19-9(3)16-11/h4-6H,1-3H3. The molecule has 0 aliphatic rings. The normalized spacial score (nSPS) is 11.2. The maximum absolute atomic E-state index is 6.29. The van der Waals surface area contributed by atoms with Gasteiger partial charge >= 0.3 is 0 Å². The maximum Gasteiger partial charge on any atom is 0.181 e. The third kappa shape index (κ3) is 2.22. The molecule has 1 aromatic carbocycles. The van der Waals surface area contributed by atoms with Crippen molar-refractivity contribution < 1.29 is 0 Å². The van der Waals surface area contributed by atoms with Gasteiger partial charge in [-0.1, -0.05) is 23.2 Å². The molecule has 5 heteroatoms. The summed E-state index contributed by atoms with van der Waals surface area (Å²) in [6.45, 7) is 6.04. The van der Waals surface area contributed by atoms with Crippen LogP contribution in [0.3, 0.4) is 0 Å². The summed E-state index contributed by atoms with van der Waals surface area (Å²) in [5.74, 6) is 0.591. The fraction of sp³-hybridized carbons (Fsp3) is 0.214. The Hall–Kier alpha value is -1.52. The molecule has 0 aliphatic heterocycles. The van der Waals surface area contributed by atoms with Crippen molar-refractivity contribution in [3.63, 3.8) is 0 Å². The second-order valence-corrected chi connectivity index (χ2v) is 5.99. The van der Waals surface area contributed by atoms with Gasteiger partial charge in [-0.25, -0.2) is 15.0 Å². The van der Waals surface area contributed by atoms with E-state index >= 15 is 0 Å². The molecule has 0 unspecified atom stereocenters. The highest BCUT2D eigenvalue weighted by atomic mass is 35.5. The minimum absolute atomic E-state index is 0.484. The predicted molar refractivity (Wildman–Crippen MR) is 79.9 cm³/mol. The summed E-state index contributed by atoms with van der Waals surface area (Å²) in [6, 6.07) is 4.11. The second-order valence-electron chi connectivity index (χ2n) is 4.57. The van der Waals surface area contributed by atoms with Crippen LogP contribution in [-0.2, 0) is 0 Å². The van der Waals surface area contributed by atoms with Crippen LogP contribution in [0.4, 0.5) is 0 Å². The summed E-state index contributed by atoms with van der Waals surface area (Å²) < 4.78 is 0. The molecule has 96 valence electrons. The Balaban J connectivity index is 2.30. The van der Waals surface area contributed by atoms with Crippen molar-refractivity contribution in [2.75, 3.05) is 0 Å². The highest BCUT2D eigenvalue weighted by molar-refractivity contribution is 7.09. The number of aryl methyl sites for hydroxylation is 3. The van der Waals surface area contributed by atoms with Gasteiger partial charge in [-0.3, -0.25) is 0 Å². The first kappa shape index (κ1) is 12.5. The van der Waals surface area contributed by atoms with Crippen LogP contribution in [0.5, 0.6) is 0 Å². The largest absolute Gasteiger partial charge is 0.238 e. The number of fused-ring (bicyclic) bond motifs is 1. The molecule has 0 saturated heterocycles. The lowest BCUT2D eigenvalue weighted by Gasteiger charge is -2.06. The van der Waals surface area contributed by atoms with Crippen molar-refractivity contribution in [3.05, 3.63) is 38.8 Å². The first-order valence-corrected chi connectivity index (χ1v) is 7.17. The van der Waals surface area contributed by atoms with Crippen LogP contribution in [0.1, 0.15) is 16.1 Å². The summed E-state index contributed by atoms with van der Waals surface area (Å²) in [5.41, 5.74) is 3.94. The highest BCUT2D eigenvalue weighted by Crippen LogP contribution is 2.28. The van der Waals surface area contributed by atoms with Gasteiger partial charge in [0.05, 0.1) is 10.5 Å². The van der Waals surface area contributed by atoms with E-state index in [0.29, 0.717) is 11.0 Å². The molecule has 0 N–H and O–H groups in total. The number of aromatic nitrogens is 3. The highest BCUT2D eigenvalue weighted by Gasteiger charge is 2.12. The van der Waals surface area contributed by atoms with Crippen LogP contribution in [0.25, 0.3) is 22.4 Å². The lowest BCUT2D eigenvalue weighted by atomic mass is 10.1. The van der Waals surface area contributed by atoms with Gasteiger partial charge in [0.1, 0.15) is 10.8 Å². The summed E-state index contributed by atoms with van der Waals surface area (Å²) in [4.78, 5) is 13.4. The molecule has 0 spiro atoms. The van der Waals surface area contributed by atoms with E-state index in [9.17, 15) is 0 Å². The van der Waals surface area contributed by atoms with Gasteiger partial charge in [0.2, 0.25) is 0 Å². The molecule has 3 nitrogen and oxygen atoms in total. The summed E-state index contributed by atoms with van der Waals surface area (Å²) in [5, 5.41) is 4.33. The Bertz CT molecular complexity index is 780. The number of halogens is 1. The fourth-order valence-corrected chi connectivity index (χ4v) is 2.95. The van der Waals surface area contributed by atoms with Crippen molar-refractivity contribution in [2.45, 2.75) is 20.8 Å². The Morgan fingerprint density at radius 1 is 1.05 bits per heavy atom. The Morgan fingerprint density at radius 3 is 2.53 bits per heavy atom. The van der Waals surface area contributed by atoms with Gasteiger partial charge in [-0.05, 0) is 32.4 Å². The quantitative estimate of drug-likeness (QED) is 0.626. The molecule has 2 aromatic heterocycles. The Morgan fingerprint density at radius 2 is 1.84 bits per heavy atom. The van der Waals surface area contributed by atoms with E-state index in [-0.39, 0.29) is 0 Å². The third-order valence-corrected chi connectivity index (χ3v) is 4.00. The number of hydrogen-bond donors (Lipinski definition) is 0. The molecule has 0 atom stereocenters. The lowest BCUT2D eigenvalue weighted by molar-refractivity contribution is 1.17. The summed E-state index contributed by atoms with van der Waals surface area (Å²) in [7, 11) is 0. The van der Waals surface area contributed by atoms with Crippen LogP contribution >= 0.6 is 22.9 Å². The van der Waals surface area contributed by atoms with Crippen molar-refractivity contribution >= 4 is 33.8 Å². The van der Waals surface area contributed by atoms with Crippen molar-refractivity contribution in [1.82, 2.24) is 15.0 Å². The molecule has 2 heterocycles. The Labute approximate surface area is 120 Å². The van der Waals surface area contributed by atoms with E-state index < -0.39 is 0 Å². The molecule has 0 saturated carbocycles. The Kier molecular flexibility index (Phi) is 2.99. The van der Waals surface area contributed by atoms with Crippen molar-refractivity contribution in [1.29, 1.82) is 0 Å². The van der Waals surface area contributed by atoms with Gasteiger partial charge < -0.3 is 0 Å². The van der Waals surface area contributed by atoms with E-state index in [1.165, 1.54) is 0 Å². The molecule has 19 heavy (non-hydrogen) atoms. The van der Waals surface area contributed by atoms with E-state index in [0.717, 1.165) is 32.7 Å². The average molecular weight is 290 g/mol. The minimum Gasteiger partial charge on any atom is -0.238 e. The van der Waals surface area contributed by atoms with Crippen LogP contribution < -0.4 is 0 Å². The zero-order valence-corrected chi connectivity index (χ0v) is 12.4. The first-order valence-electron chi connectivity index (χ1n) is 5.91. The van der Waals surface area contributed by atoms with Gasteiger partial charge in [-0.15, -0.1) is 11.3 Å². The molecule has 3 aromatic rings. The molecule has 0 bridgehead atoms. The summed E-state index contributed by atoms with van der Waals surface area (Å²) >= 11 is 7.87. The van der Waals surface area contributed by atoms with Gasteiger partial charge in [-0.2, -0.15) is 0 Å². The smallest absolute Gasteiger partial charge is 0.181 e. The van der Waals surface area contributed by atoms with Crippen LogP contribution in [0, 0.1) is 20.8 Å². The van der Waals surface area contributed by atoms with E-state index in [2.05, 4.69) is 21.0 Å². The fourth-order valence-electron chi connectivity index (χ4n) is 2.13. The molecule has 0 amide bonds. The number of nitrogens with zero attached hydrogens (tertiary/aromatic N) is 3. The van der Waals surface area contributed by atoms with Crippen LogP contribution in [0.15, 0.2) is 17.5 Å². The maximum atomic E-state index is 6.29. The van der Waals surface area contributed by atoms with Crippen molar-refractivity contribution in [3.8, 4) is 11.5 Å².